The summed E-state index contributed by atoms with van der Waals surface area (Å²) < 4.78 is 5.28. The first-order valence-corrected chi connectivity index (χ1v) is 9.84. The second-order valence-electron chi connectivity index (χ2n) is 7.07. The van der Waals surface area contributed by atoms with Crippen LogP contribution in [0.2, 0.25) is 0 Å². The zero-order chi connectivity index (χ0) is 23.1. The Kier molecular flexibility index (Phi) is 7.13. The van der Waals surface area contributed by atoms with Crippen LogP contribution in [-0.2, 0) is 11.3 Å². The van der Waals surface area contributed by atoms with Crippen molar-refractivity contribution in [3.63, 3.8) is 0 Å². The first-order valence-electron chi connectivity index (χ1n) is 9.84. The molecule has 0 aromatic heterocycles. The number of hydrogen-bond donors (Lipinski definition) is 2. The van der Waals surface area contributed by atoms with Crippen molar-refractivity contribution in [1.82, 2.24) is 5.32 Å². The van der Waals surface area contributed by atoms with E-state index in [4.69, 9.17) is 4.74 Å². The molecule has 0 saturated heterocycles. The molecule has 0 saturated carbocycles. The molecule has 3 aromatic carbocycles. The maximum Gasteiger partial charge on any atom is 0.246 e. The Balaban J connectivity index is 1.81. The number of ketones is 1. The van der Waals surface area contributed by atoms with Gasteiger partial charge in [0.15, 0.2) is 5.78 Å². The maximum absolute atomic E-state index is 12.8. The van der Waals surface area contributed by atoms with Gasteiger partial charge in [-0.15, -0.1) is 5.11 Å². The summed E-state index contributed by atoms with van der Waals surface area (Å²) in [7, 11) is 1.44. The van der Waals surface area contributed by atoms with Gasteiger partial charge in [-0.25, -0.2) is 0 Å². The Bertz CT molecular complexity index is 1170. The summed E-state index contributed by atoms with van der Waals surface area (Å²) in [5.74, 6) is -0.441. The van der Waals surface area contributed by atoms with E-state index in [2.05, 4.69) is 22.1 Å². The molecule has 0 heterocycles. The van der Waals surface area contributed by atoms with Crippen LogP contribution in [0.15, 0.2) is 89.1 Å². The van der Waals surface area contributed by atoms with Gasteiger partial charge in [0, 0.05) is 23.7 Å². The lowest BCUT2D eigenvalue weighted by molar-refractivity contribution is -0.117. The van der Waals surface area contributed by atoms with Crippen molar-refractivity contribution in [3.8, 4) is 11.5 Å². The second-order valence-corrected chi connectivity index (χ2v) is 7.07. The van der Waals surface area contributed by atoms with E-state index < -0.39 is 0 Å². The Hall–Kier alpha value is -4.26. The molecule has 0 fully saturated rings. The highest BCUT2D eigenvalue weighted by Gasteiger charge is 2.17. The lowest BCUT2D eigenvalue weighted by Gasteiger charge is -2.09. The van der Waals surface area contributed by atoms with E-state index in [0.717, 1.165) is 5.56 Å². The summed E-state index contributed by atoms with van der Waals surface area (Å²) >= 11 is 0. The lowest BCUT2D eigenvalue weighted by atomic mass is 10.0. The van der Waals surface area contributed by atoms with Crippen molar-refractivity contribution >= 4 is 23.1 Å². The number of hydrogen-bond acceptors (Lipinski definition) is 6. The van der Waals surface area contributed by atoms with Gasteiger partial charge in [-0.3, -0.25) is 9.59 Å². The minimum absolute atomic E-state index is 0.106. The number of phenols is 1. The van der Waals surface area contributed by atoms with Crippen LogP contribution in [0.4, 0.5) is 11.4 Å². The minimum atomic E-state index is -0.330. The number of benzene rings is 3. The number of rotatable bonds is 8. The quantitative estimate of drug-likeness (QED) is 0.290. The van der Waals surface area contributed by atoms with Crippen molar-refractivity contribution in [3.05, 3.63) is 95.6 Å². The number of amides is 1. The van der Waals surface area contributed by atoms with E-state index in [9.17, 15) is 14.7 Å². The number of nitrogens with one attached hydrogen (secondary N) is 1. The molecule has 0 atom stereocenters. The molecule has 0 aliphatic carbocycles. The van der Waals surface area contributed by atoms with Gasteiger partial charge in [0.2, 0.25) is 5.91 Å². The van der Waals surface area contributed by atoms with E-state index >= 15 is 0 Å². The van der Waals surface area contributed by atoms with Crippen LogP contribution in [0, 0.1) is 0 Å². The van der Waals surface area contributed by atoms with Gasteiger partial charge in [-0.2, -0.15) is 5.11 Å². The van der Waals surface area contributed by atoms with Crippen LogP contribution in [0.3, 0.4) is 0 Å². The summed E-state index contributed by atoms with van der Waals surface area (Å²) in [6.07, 6.45) is 0. The van der Waals surface area contributed by atoms with Gasteiger partial charge in [0.25, 0.3) is 0 Å². The largest absolute Gasteiger partial charge is 0.507 e. The van der Waals surface area contributed by atoms with Crippen molar-refractivity contribution in [1.29, 1.82) is 0 Å². The number of carbonyl (C=O) groups excluding carboxylic acids is 2. The van der Waals surface area contributed by atoms with E-state index in [1.165, 1.54) is 19.2 Å². The first kappa shape index (κ1) is 22.4. The van der Waals surface area contributed by atoms with Crippen LogP contribution < -0.4 is 10.1 Å². The molecule has 7 nitrogen and oxygen atoms in total. The van der Waals surface area contributed by atoms with Crippen molar-refractivity contribution in [2.24, 2.45) is 10.2 Å². The molecule has 0 aliphatic rings. The van der Waals surface area contributed by atoms with Gasteiger partial charge in [-0.1, -0.05) is 49.0 Å². The summed E-state index contributed by atoms with van der Waals surface area (Å²) in [5, 5.41) is 21.5. The Labute approximate surface area is 186 Å². The summed E-state index contributed by atoms with van der Waals surface area (Å²) in [5.41, 5.74) is 2.79. The van der Waals surface area contributed by atoms with Gasteiger partial charge in [-0.05, 0) is 30.7 Å². The topological polar surface area (TPSA) is 100 Å². The van der Waals surface area contributed by atoms with Gasteiger partial charge < -0.3 is 15.2 Å². The van der Waals surface area contributed by atoms with E-state index in [0.29, 0.717) is 29.1 Å². The Morgan fingerprint density at radius 2 is 1.72 bits per heavy atom. The molecule has 7 heteroatoms. The van der Waals surface area contributed by atoms with Crippen molar-refractivity contribution < 1.29 is 19.4 Å². The highest BCUT2D eigenvalue weighted by atomic mass is 16.5. The predicted octanol–water partition coefficient (Wildman–Crippen LogP) is 5.24. The van der Waals surface area contributed by atoms with Crippen molar-refractivity contribution in [2.75, 3.05) is 7.11 Å². The second kappa shape index (κ2) is 10.2. The fourth-order valence-electron chi connectivity index (χ4n) is 2.85. The van der Waals surface area contributed by atoms with Crippen LogP contribution in [0.5, 0.6) is 11.5 Å². The smallest absolute Gasteiger partial charge is 0.246 e. The summed E-state index contributed by atoms with van der Waals surface area (Å²) in [6, 6.07) is 18.6. The maximum atomic E-state index is 12.8. The SMILES string of the molecule is C=C(C)C(=O)NCc1ccc(/N=N/c2cc(C(=O)c3ccccc3)c(O)cc2OC)cc1. The van der Waals surface area contributed by atoms with E-state index in [-0.39, 0.29) is 28.8 Å². The Morgan fingerprint density at radius 3 is 2.34 bits per heavy atom. The number of aromatic hydroxyl groups is 1. The number of phenolic OH excluding ortho intramolecular Hbond substituents is 1. The zero-order valence-corrected chi connectivity index (χ0v) is 17.8. The lowest BCUT2D eigenvalue weighted by Crippen LogP contribution is -2.22. The summed E-state index contributed by atoms with van der Waals surface area (Å²) in [6.45, 7) is 5.62. The highest BCUT2D eigenvalue weighted by Crippen LogP contribution is 2.36. The van der Waals surface area contributed by atoms with Crippen LogP contribution in [0.25, 0.3) is 0 Å². The fraction of sp³-hybridized carbons (Fsp3) is 0.120. The predicted molar refractivity (Wildman–Crippen MR) is 122 cm³/mol. The number of ether oxygens (including phenoxy) is 1. The number of azo groups is 1. The molecule has 0 spiro atoms. The summed E-state index contributed by atoms with van der Waals surface area (Å²) in [4.78, 5) is 24.4. The van der Waals surface area contributed by atoms with E-state index in [1.54, 1.807) is 43.3 Å². The molecule has 32 heavy (non-hydrogen) atoms. The molecule has 0 unspecified atom stereocenters. The molecular weight excluding hydrogens is 406 g/mol. The molecule has 3 aromatic rings. The first-order chi connectivity index (χ1) is 15.4. The molecule has 0 bridgehead atoms. The Morgan fingerprint density at radius 1 is 1.03 bits per heavy atom. The molecule has 3 rings (SSSR count). The third-order valence-electron chi connectivity index (χ3n) is 4.63. The van der Waals surface area contributed by atoms with Crippen LogP contribution in [0.1, 0.15) is 28.4 Å². The van der Waals surface area contributed by atoms with Gasteiger partial charge >= 0.3 is 0 Å². The average molecular weight is 429 g/mol. The molecule has 2 N–H and O–H groups in total. The fourth-order valence-corrected chi connectivity index (χ4v) is 2.85. The monoisotopic (exact) mass is 429 g/mol. The van der Waals surface area contributed by atoms with Gasteiger partial charge in [0.05, 0.1) is 18.4 Å². The molecule has 0 aliphatic heterocycles. The normalized spacial score (nSPS) is 10.7. The average Bonchev–Trinajstić information content (AvgIpc) is 2.82. The number of nitrogens with zero attached hydrogens (tertiary/aromatic N) is 2. The van der Waals surface area contributed by atoms with Gasteiger partial charge in [0.1, 0.15) is 17.2 Å². The molecule has 0 radical (unpaired) electrons. The van der Waals surface area contributed by atoms with Crippen molar-refractivity contribution in [2.45, 2.75) is 13.5 Å². The van der Waals surface area contributed by atoms with E-state index in [1.807, 2.05) is 18.2 Å². The molecule has 162 valence electrons. The third-order valence-corrected chi connectivity index (χ3v) is 4.63. The molecular formula is C25H23N3O4. The number of carbonyl (C=O) groups is 2. The standard InChI is InChI=1S/C25H23N3O4/c1-16(2)25(31)26-15-17-9-11-19(12-10-17)27-28-21-13-20(22(29)14-23(21)32-3)24(30)18-7-5-4-6-8-18/h4-14,29H,1,15H2,2-3H3,(H,26,31)/b28-27+. The zero-order valence-electron chi connectivity index (χ0n) is 17.8. The third kappa shape index (κ3) is 5.46. The molecule has 1 amide bonds. The highest BCUT2D eigenvalue weighted by molar-refractivity contribution is 6.11. The van der Waals surface area contributed by atoms with Crippen LogP contribution >= 0.6 is 0 Å². The minimum Gasteiger partial charge on any atom is -0.507 e. The van der Waals surface area contributed by atoms with Crippen LogP contribution in [-0.4, -0.2) is 23.9 Å². The number of methoxy groups -OCH3 is 1.